The average Bonchev–Trinajstić information content (AvgIpc) is 2.11. The second-order valence-electron chi connectivity index (χ2n) is 2.92. The van der Waals surface area contributed by atoms with Crippen molar-refractivity contribution >= 4 is 25.4 Å². The molecule has 13 heteroatoms. The van der Waals surface area contributed by atoms with Gasteiger partial charge in [0.15, 0.2) is 0 Å². The Morgan fingerprint density at radius 1 is 1.42 bits per heavy atom. The number of ether oxygens (including phenoxy) is 1. The minimum Gasteiger partial charge on any atom is -0.388 e. The van der Waals surface area contributed by atoms with Crippen LogP contribution in [0.25, 0.3) is 0 Å². The number of aromatic nitrogens is 1. The van der Waals surface area contributed by atoms with E-state index in [1.165, 1.54) is 4.98 Å². The Balaban J connectivity index is 3.60. The van der Waals surface area contributed by atoms with E-state index in [1.54, 1.807) is 0 Å². The van der Waals surface area contributed by atoms with Crippen LogP contribution in [0.3, 0.4) is 0 Å². The number of hydrogen-bond acceptors (Lipinski definition) is 6. The lowest BCUT2D eigenvalue weighted by atomic mass is 10.4. The molecule has 1 rings (SSSR count). The predicted octanol–water partition coefficient (Wildman–Crippen LogP) is 1.11. The lowest BCUT2D eigenvalue weighted by Gasteiger charge is -2.10. The smallest absolute Gasteiger partial charge is 0.388 e. The molecule has 106 valence electrons. The molecule has 8 nitrogen and oxygen atoms in total. The molecule has 0 amide bonds. The number of rotatable bonds is 3. The third-order valence-corrected chi connectivity index (χ3v) is 2.96. The van der Waals surface area contributed by atoms with E-state index in [2.05, 4.69) is 4.74 Å². The Morgan fingerprint density at radius 3 is 2.32 bits per heavy atom. The first-order chi connectivity index (χ1) is 8.42. The number of nitrogens with one attached hydrogen (secondary N) is 1. The molecule has 0 spiro atoms. The van der Waals surface area contributed by atoms with Crippen molar-refractivity contribution in [3.8, 4) is 5.88 Å². The number of halogens is 4. The summed E-state index contributed by atoms with van der Waals surface area (Å²) < 4.78 is 61.2. The summed E-state index contributed by atoms with van der Waals surface area (Å²) in [6.07, 6.45) is -5.32. The topological polar surface area (TPSA) is 119 Å². The summed E-state index contributed by atoms with van der Waals surface area (Å²) in [7, 11) is -0.00420. The standard InChI is InChI=1S/C6H2ClF3N2O6S/c7-19(16,17)3-1-2(12(14)15)4(13)11-5(3)18-6(8,9)10/h1H,(H,11,13). The van der Waals surface area contributed by atoms with Gasteiger partial charge in [0.1, 0.15) is 4.90 Å². The molecule has 1 aromatic heterocycles. The first-order valence-electron chi connectivity index (χ1n) is 4.04. The minimum atomic E-state index is -5.32. The van der Waals surface area contributed by atoms with Crippen molar-refractivity contribution in [3.63, 3.8) is 0 Å². The zero-order chi connectivity index (χ0) is 15.0. The summed E-state index contributed by atoms with van der Waals surface area (Å²) in [4.78, 5) is 20.1. The zero-order valence-corrected chi connectivity index (χ0v) is 9.97. The Labute approximate surface area is 106 Å². The monoisotopic (exact) mass is 322 g/mol. The Bertz CT molecular complexity index is 681. The van der Waals surface area contributed by atoms with E-state index >= 15 is 0 Å². The molecule has 0 saturated carbocycles. The molecule has 0 bridgehead atoms. The van der Waals surface area contributed by atoms with Crippen molar-refractivity contribution in [1.82, 2.24) is 4.98 Å². The fourth-order valence-electron chi connectivity index (χ4n) is 0.992. The van der Waals surface area contributed by atoms with Crippen LogP contribution in [0.2, 0.25) is 0 Å². The lowest BCUT2D eigenvalue weighted by Crippen LogP contribution is -2.23. The highest BCUT2D eigenvalue weighted by Gasteiger charge is 2.36. The Morgan fingerprint density at radius 2 is 1.95 bits per heavy atom. The van der Waals surface area contributed by atoms with Gasteiger partial charge < -0.3 is 4.74 Å². The number of alkyl halides is 3. The van der Waals surface area contributed by atoms with Crippen molar-refractivity contribution in [2.45, 2.75) is 11.3 Å². The fourth-order valence-corrected chi connectivity index (χ4v) is 1.90. The van der Waals surface area contributed by atoms with Crippen molar-refractivity contribution in [1.29, 1.82) is 0 Å². The zero-order valence-electron chi connectivity index (χ0n) is 8.39. The van der Waals surface area contributed by atoms with E-state index in [0.29, 0.717) is 0 Å². The highest BCUT2D eigenvalue weighted by molar-refractivity contribution is 8.13. The number of aromatic amines is 1. The summed E-state index contributed by atoms with van der Waals surface area (Å²) in [5, 5.41) is 10.4. The maximum absolute atomic E-state index is 12.0. The van der Waals surface area contributed by atoms with Gasteiger partial charge in [0.2, 0.25) is 5.88 Å². The number of H-pyrrole nitrogens is 1. The molecule has 0 unspecified atom stereocenters. The molecule has 0 aliphatic heterocycles. The van der Waals surface area contributed by atoms with Crippen molar-refractivity contribution in [2.75, 3.05) is 0 Å². The minimum absolute atomic E-state index is 0.0717. The maximum atomic E-state index is 12.0. The number of pyridine rings is 1. The maximum Gasteiger partial charge on any atom is 0.574 e. The first kappa shape index (κ1) is 15.2. The molecule has 0 aliphatic carbocycles. The summed E-state index contributed by atoms with van der Waals surface area (Å²) >= 11 is 0. The highest BCUT2D eigenvalue weighted by Crippen LogP contribution is 2.30. The van der Waals surface area contributed by atoms with Crippen LogP contribution in [0.4, 0.5) is 18.9 Å². The predicted molar refractivity (Wildman–Crippen MR) is 53.4 cm³/mol. The van der Waals surface area contributed by atoms with Gasteiger partial charge in [0.25, 0.3) is 9.05 Å². The normalized spacial score (nSPS) is 12.2. The van der Waals surface area contributed by atoms with Crippen LogP contribution in [-0.2, 0) is 9.05 Å². The number of hydrogen-bond donors (Lipinski definition) is 1. The highest BCUT2D eigenvalue weighted by atomic mass is 35.7. The van der Waals surface area contributed by atoms with Gasteiger partial charge in [-0.2, -0.15) is 0 Å². The van der Waals surface area contributed by atoms with Crippen molar-refractivity contribution in [3.05, 3.63) is 26.5 Å². The van der Waals surface area contributed by atoms with Gasteiger partial charge >= 0.3 is 17.6 Å². The van der Waals surface area contributed by atoms with Crippen LogP contribution < -0.4 is 10.3 Å². The molecule has 0 fully saturated rings. The van der Waals surface area contributed by atoms with Crippen LogP contribution in [0.1, 0.15) is 0 Å². The average molecular weight is 323 g/mol. The molecule has 0 saturated heterocycles. The molecule has 0 radical (unpaired) electrons. The molecular weight excluding hydrogens is 321 g/mol. The second-order valence-corrected chi connectivity index (χ2v) is 5.45. The van der Waals surface area contributed by atoms with Gasteiger partial charge in [0.05, 0.1) is 4.92 Å². The van der Waals surface area contributed by atoms with Crippen molar-refractivity contribution in [2.24, 2.45) is 0 Å². The van der Waals surface area contributed by atoms with Gasteiger partial charge in [-0.25, -0.2) is 8.42 Å². The quantitative estimate of drug-likeness (QED) is 0.505. The SMILES string of the molecule is O=c1[nH]c(OC(F)(F)F)c(S(=O)(=O)Cl)cc1[N+](=O)[O-]. The summed E-state index contributed by atoms with van der Waals surface area (Å²) in [5.41, 5.74) is -2.87. The summed E-state index contributed by atoms with van der Waals surface area (Å²) in [5.74, 6) is -1.56. The molecular formula is C6H2ClF3N2O6S. The van der Waals surface area contributed by atoms with Gasteiger partial charge in [-0.3, -0.25) is 19.9 Å². The van der Waals surface area contributed by atoms with E-state index in [0.717, 1.165) is 0 Å². The molecule has 0 atom stereocenters. The van der Waals surface area contributed by atoms with Crippen LogP contribution in [-0.4, -0.2) is 24.7 Å². The van der Waals surface area contributed by atoms with Crippen LogP contribution in [0.15, 0.2) is 15.8 Å². The van der Waals surface area contributed by atoms with Gasteiger partial charge in [-0.05, 0) is 0 Å². The number of nitro groups is 1. The van der Waals surface area contributed by atoms with Crippen LogP contribution >= 0.6 is 10.7 Å². The molecule has 19 heavy (non-hydrogen) atoms. The fraction of sp³-hybridized carbons (Fsp3) is 0.167. The number of nitrogens with zero attached hydrogens (tertiary/aromatic N) is 1. The van der Waals surface area contributed by atoms with Gasteiger partial charge in [0, 0.05) is 16.7 Å². The van der Waals surface area contributed by atoms with E-state index in [-0.39, 0.29) is 6.07 Å². The van der Waals surface area contributed by atoms with Crippen LogP contribution in [0.5, 0.6) is 5.88 Å². The third-order valence-electron chi connectivity index (χ3n) is 1.63. The molecule has 1 N–H and O–H groups in total. The molecule has 0 aromatic carbocycles. The van der Waals surface area contributed by atoms with E-state index in [9.17, 15) is 36.5 Å². The Hall–Kier alpha value is -1.82. The third kappa shape index (κ3) is 3.82. The molecule has 0 aliphatic rings. The van der Waals surface area contributed by atoms with E-state index < -0.39 is 42.4 Å². The van der Waals surface area contributed by atoms with Gasteiger partial charge in [-0.15, -0.1) is 13.2 Å². The summed E-state index contributed by atoms with van der Waals surface area (Å²) in [6.45, 7) is 0. The summed E-state index contributed by atoms with van der Waals surface area (Å²) in [6, 6.07) is 0.0717. The van der Waals surface area contributed by atoms with E-state index in [4.69, 9.17) is 10.7 Å². The largest absolute Gasteiger partial charge is 0.574 e. The molecule has 1 aromatic rings. The first-order valence-corrected chi connectivity index (χ1v) is 6.35. The van der Waals surface area contributed by atoms with Crippen molar-refractivity contribution < 1.29 is 31.2 Å². The molecule has 1 heterocycles. The van der Waals surface area contributed by atoms with Gasteiger partial charge in [-0.1, -0.05) is 0 Å². The van der Waals surface area contributed by atoms with E-state index in [1.807, 2.05) is 0 Å². The lowest BCUT2D eigenvalue weighted by molar-refractivity contribution is -0.386. The Kier molecular flexibility index (Phi) is 3.77. The second kappa shape index (κ2) is 4.70. The van der Waals surface area contributed by atoms with Crippen LogP contribution in [0, 0.1) is 10.1 Å².